The van der Waals surface area contributed by atoms with Crippen molar-refractivity contribution in [3.63, 3.8) is 0 Å². The van der Waals surface area contributed by atoms with Gasteiger partial charge in [-0.1, -0.05) is 0 Å². The Balaban J connectivity index is 2.68. The summed E-state index contributed by atoms with van der Waals surface area (Å²) in [5.41, 5.74) is 6.66. The maximum absolute atomic E-state index is 12.0. The van der Waals surface area contributed by atoms with Crippen molar-refractivity contribution in [3.05, 3.63) is 24.0 Å². The zero-order valence-electron chi connectivity index (χ0n) is 7.43. The van der Waals surface area contributed by atoms with E-state index in [9.17, 15) is 4.39 Å². The summed E-state index contributed by atoms with van der Waals surface area (Å²) in [5.74, 6) is 0. The number of hydrogen-bond donors (Lipinski definition) is 2. The van der Waals surface area contributed by atoms with Crippen molar-refractivity contribution in [3.8, 4) is 0 Å². The van der Waals surface area contributed by atoms with Gasteiger partial charge in [-0.25, -0.2) is 4.39 Å². The first-order valence-electron chi connectivity index (χ1n) is 3.97. The molecule has 74 valence electrons. The molecule has 1 aliphatic heterocycles. The highest BCUT2D eigenvalue weighted by molar-refractivity contribution is 9.10. The van der Waals surface area contributed by atoms with Crippen molar-refractivity contribution in [1.29, 1.82) is 0 Å². The molecule has 0 aromatic carbocycles. The molecule has 0 saturated carbocycles. The average Bonchev–Trinajstić information content (AvgIpc) is 2.03. The zero-order chi connectivity index (χ0) is 9.90. The Morgan fingerprint density at radius 3 is 3.00 bits per heavy atom. The predicted octanol–water partition coefficient (Wildman–Crippen LogP) is 0.896. The van der Waals surface area contributed by atoms with Crippen molar-refractivity contribution in [1.82, 2.24) is 10.2 Å². The van der Waals surface area contributed by atoms with E-state index in [0.717, 1.165) is 5.70 Å². The highest BCUT2D eigenvalue weighted by Crippen LogP contribution is 2.17. The van der Waals surface area contributed by atoms with Crippen LogP contribution in [0.4, 0.5) is 4.39 Å². The third-order valence-corrected chi connectivity index (χ3v) is 2.24. The smallest absolute Gasteiger partial charge is 0.164 e. The van der Waals surface area contributed by atoms with Gasteiger partial charge in [0.05, 0.1) is 0 Å². The Hall–Kier alpha value is -0.550. The lowest BCUT2D eigenvalue weighted by Gasteiger charge is -2.28. The predicted molar refractivity (Wildman–Crippen MR) is 54.8 cm³/mol. The molecule has 0 aliphatic carbocycles. The number of rotatable bonds is 3. The molecule has 1 heterocycles. The summed E-state index contributed by atoms with van der Waals surface area (Å²) in [4.78, 5) is 1.81. The Labute approximate surface area is 85.6 Å². The van der Waals surface area contributed by atoms with Crippen LogP contribution in [0.2, 0.25) is 0 Å². The van der Waals surface area contributed by atoms with Crippen molar-refractivity contribution in [2.45, 2.75) is 4.57 Å². The van der Waals surface area contributed by atoms with E-state index >= 15 is 0 Å². The van der Waals surface area contributed by atoms with Gasteiger partial charge >= 0.3 is 0 Å². The molecule has 0 fully saturated rings. The molecule has 0 saturated heterocycles. The van der Waals surface area contributed by atoms with Crippen LogP contribution >= 0.6 is 15.9 Å². The summed E-state index contributed by atoms with van der Waals surface area (Å²) in [5, 5.41) is 2.90. The minimum atomic E-state index is -0.721. The minimum Gasteiger partial charge on any atom is -0.372 e. The fourth-order valence-corrected chi connectivity index (χ4v) is 1.42. The maximum Gasteiger partial charge on any atom is 0.164 e. The molecular weight excluding hydrogens is 237 g/mol. The van der Waals surface area contributed by atoms with E-state index < -0.39 is 4.57 Å². The van der Waals surface area contributed by atoms with Gasteiger partial charge in [0.1, 0.15) is 6.67 Å². The van der Waals surface area contributed by atoms with E-state index in [0.29, 0.717) is 6.54 Å². The Bertz CT molecular complexity index is 238. The van der Waals surface area contributed by atoms with Gasteiger partial charge in [-0.2, -0.15) is 0 Å². The van der Waals surface area contributed by atoms with Gasteiger partial charge in [-0.3, -0.25) is 5.73 Å². The number of halogens is 2. The first-order chi connectivity index (χ1) is 6.05. The number of likely N-dealkylation sites (N-methyl/N-ethyl adjacent to an activating group) is 1. The summed E-state index contributed by atoms with van der Waals surface area (Å²) in [6, 6.07) is 0. The number of alkyl halides is 2. The fraction of sp³-hybridized carbons (Fsp3) is 0.500. The SMILES string of the molecule is CN(CCF)C1=CC(N)(Br)NC=C1. The van der Waals surface area contributed by atoms with E-state index in [1.807, 2.05) is 13.1 Å². The lowest BCUT2D eigenvalue weighted by atomic mass is 10.2. The van der Waals surface area contributed by atoms with Crippen LogP contribution in [-0.2, 0) is 0 Å². The zero-order valence-corrected chi connectivity index (χ0v) is 9.01. The molecule has 1 atom stereocenters. The molecule has 0 bridgehead atoms. The monoisotopic (exact) mass is 249 g/mol. The van der Waals surface area contributed by atoms with Gasteiger partial charge in [-0.05, 0) is 28.1 Å². The molecule has 0 radical (unpaired) electrons. The van der Waals surface area contributed by atoms with E-state index in [-0.39, 0.29) is 6.67 Å². The summed E-state index contributed by atoms with van der Waals surface area (Å²) >= 11 is 3.27. The van der Waals surface area contributed by atoms with Crippen molar-refractivity contribution in [2.24, 2.45) is 5.73 Å². The Morgan fingerprint density at radius 2 is 2.46 bits per heavy atom. The second kappa shape index (κ2) is 4.11. The summed E-state index contributed by atoms with van der Waals surface area (Å²) in [6.07, 6.45) is 5.38. The number of nitrogens with one attached hydrogen (secondary N) is 1. The number of hydrogen-bond acceptors (Lipinski definition) is 3. The average molecular weight is 250 g/mol. The second-order valence-corrected chi connectivity index (χ2v) is 4.24. The molecule has 1 rings (SSSR count). The quantitative estimate of drug-likeness (QED) is 0.577. The van der Waals surface area contributed by atoms with Gasteiger partial charge in [0.25, 0.3) is 0 Å². The first kappa shape index (κ1) is 10.5. The minimum absolute atomic E-state index is 0.366. The van der Waals surface area contributed by atoms with E-state index in [4.69, 9.17) is 5.73 Å². The molecule has 3 N–H and O–H groups in total. The molecule has 5 heteroatoms. The first-order valence-corrected chi connectivity index (χ1v) is 4.76. The Morgan fingerprint density at radius 1 is 1.77 bits per heavy atom. The van der Waals surface area contributed by atoms with E-state index in [1.54, 1.807) is 17.2 Å². The summed E-state index contributed by atoms with van der Waals surface area (Å²) in [7, 11) is 1.82. The lowest BCUT2D eigenvalue weighted by Crippen LogP contribution is -2.45. The molecule has 1 unspecified atom stereocenters. The number of nitrogens with zero attached hydrogens (tertiary/aromatic N) is 1. The van der Waals surface area contributed by atoms with Crippen LogP contribution in [0.5, 0.6) is 0 Å². The summed E-state index contributed by atoms with van der Waals surface area (Å²) in [6.45, 7) is 0.00815. The maximum atomic E-state index is 12.0. The molecule has 0 spiro atoms. The van der Waals surface area contributed by atoms with Gasteiger partial charge < -0.3 is 10.2 Å². The molecule has 3 nitrogen and oxygen atoms in total. The molecular formula is C8H13BrFN3. The van der Waals surface area contributed by atoms with Crippen LogP contribution in [0.1, 0.15) is 0 Å². The van der Waals surface area contributed by atoms with Crippen molar-refractivity contribution in [2.75, 3.05) is 20.3 Å². The number of allylic oxidation sites excluding steroid dienone is 1. The van der Waals surface area contributed by atoms with Crippen LogP contribution in [0.25, 0.3) is 0 Å². The Kier molecular flexibility index (Phi) is 3.33. The van der Waals surface area contributed by atoms with Crippen LogP contribution in [0.3, 0.4) is 0 Å². The van der Waals surface area contributed by atoms with E-state index in [1.165, 1.54) is 0 Å². The molecule has 1 aliphatic rings. The normalized spacial score (nSPS) is 26.6. The van der Waals surface area contributed by atoms with E-state index in [2.05, 4.69) is 21.2 Å². The molecule has 0 amide bonds. The standard InChI is InChI=1S/C8H13BrFN3/c1-13(5-3-10)7-2-4-12-8(9,11)6-7/h2,4,6,12H,3,5,11H2,1H3. The third kappa shape index (κ3) is 3.00. The largest absolute Gasteiger partial charge is 0.372 e. The molecule has 0 aromatic heterocycles. The van der Waals surface area contributed by atoms with Gasteiger partial charge in [-0.15, -0.1) is 0 Å². The highest BCUT2D eigenvalue weighted by atomic mass is 79.9. The molecule has 0 aromatic rings. The molecule has 13 heavy (non-hydrogen) atoms. The van der Waals surface area contributed by atoms with Crippen LogP contribution < -0.4 is 11.1 Å². The lowest BCUT2D eigenvalue weighted by molar-refractivity contribution is 0.354. The highest BCUT2D eigenvalue weighted by Gasteiger charge is 2.19. The summed E-state index contributed by atoms with van der Waals surface area (Å²) < 4.78 is 11.3. The van der Waals surface area contributed by atoms with Crippen LogP contribution in [0, 0.1) is 0 Å². The number of nitrogens with two attached hydrogens (primary N) is 1. The topological polar surface area (TPSA) is 41.3 Å². The van der Waals surface area contributed by atoms with Crippen molar-refractivity contribution >= 4 is 15.9 Å². The van der Waals surface area contributed by atoms with Crippen LogP contribution in [0.15, 0.2) is 24.0 Å². The second-order valence-electron chi connectivity index (χ2n) is 2.93. The van der Waals surface area contributed by atoms with Crippen LogP contribution in [-0.4, -0.2) is 29.7 Å². The fourth-order valence-electron chi connectivity index (χ4n) is 1.05. The number of dihydropyridines is 1. The third-order valence-electron chi connectivity index (χ3n) is 1.78. The van der Waals surface area contributed by atoms with Crippen molar-refractivity contribution < 1.29 is 4.39 Å². The van der Waals surface area contributed by atoms with Gasteiger partial charge in [0.15, 0.2) is 4.57 Å². The van der Waals surface area contributed by atoms with Gasteiger partial charge in [0, 0.05) is 25.5 Å². The van der Waals surface area contributed by atoms with Gasteiger partial charge in [0.2, 0.25) is 0 Å².